The molecule has 0 spiro atoms. The SMILES string of the molecule is Cl.N[C@@H](Cc1ccccc1)C(=O)O[PH](=O)[C@@H]1CCCN1. The standard InChI is InChI=1S/C13H19N2O3P.ClH/c14-11(9-10-5-2-1-3-6-10)13(16)18-19(17)12-7-4-8-15-12;/h1-3,5-6,11-12,15,19H,4,7-9,14H2;1H/t11-,12+;/m0./s1. The molecule has 2 rings (SSSR count). The van der Waals surface area contributed by atoms with E-state index in [2.05, 4.69) is 5.32 Å². The van der Waals surface area contributed by atoms with Gasteiger partial charge in [-0.2, -0.15) is 0 Å². The number of benzene rings is 1. The molecule has 1 aromatic carbocycles. The van der Waals surface area contributed by atoms with Crippen molar-refractivity contribution < 1.29 is 13.9 Å². The Bertz CT molecular complexity index is 452. The summed E-state index contributed by atoms with van der Waals surface area (Å²) >= 11 is 0. The predicted octanol–water partition coefficient (Wildman–Crippen LogP) is 1.71. The minimum atomic E-state index is -2.39. The molecule has 0 amide bonds. The molecule has 1 aliphatic heterocycles. The topological polar surface area (TPSA) is 81.4 Å². The summed E-state index contributed by atoms with van der Waals surface area (Å²) in [5.41, 5.74) is 6.74. The van der Waals surface area contributed by atoms with Gasteiger partial charge >= 0.3 is 5.97 Å². The van der Waals surface area contributed by atoms with Gasteiger partial charge in [0.2, 0.25) is 0 Å². The molecule has 0 aliphatic carbocycles. The zero-order valence-electron chi connectivity index (χ0n) is 11.1. The molecule has 1 aliphatic rings. The third-order valence-corrected chi connectivity index (χ3v) is 4.61. The molecule has 1 fully saturated rings. The summed E-state index contributed by atoms with van der Waals surface area (Å²) in [7, 11) is -2.39. The average Bonchev–Trinajstić information content (AvgIpc) is 2.93. The molecule has 1 unspecified atom stereocenters. The molecule has 7 heteroatoms. The van der Waals surface area contributed by atoms with Crippen molar-refractivity contribution in [2.24, 2.45) is 5.73 Å². The third kappa shape index (κ3) is 4.91. The van der Waals surface area contributed by atoms with E-state index >= 15 is 0 Å². The Kier molecular flexibility index (Phi) is 7.24. The normalized spacial score (nSPS) is 20.8. The molecule has 0 aromatic heterocycles. The quantitative estimate of drug-likeness (QED) is 0.808. The second kappa shape index (κ2) is 8.42. The second-order valence-corrected chi connectivity index (χ2v) is 6.22. The lowest BCUT2D eigenvalue weighted by Gasteiger charge is -2.14. The van der Waals surface area contributed by atoms with Crippen molar-refractivity contribution in [2.75, 3.05) is 6.54 Å². The fourth-order valence-electron chi connectivity index (χ4n) is 2.08. The fraction of sp³-hybridized carbons (Fsp3) is 0.462. The van der Waals surface area contributed by atoms with Crippen molar-refractivity contribution in [3.63, 3.8) is 0 Å². The zero-order valence-corrected chi connectivity index (χ0v) is 12.9. The van der Waals surface area contributed by atoms with Gasteiger partial charge in [-0.3, -0.25) is 9.36 Å². The lowest BCUT2D eigenvalue weighted by molar-refractivity contribution is -0.135. The Morgan fingerprint density at radius 3 is 2.75 bits per heavy atom. The van der Waals surface area contributed by atoms with E-state index in [1.807, 2.05) is 30.3 Å². The van der Waals surface area contributed by atoms with E-state index in [4.69, 9.17) is 10.3 Å². The van der Waals surface area contributed by atoms with Crippen molar-refractivity contribution in [1.29, 1.82) is 0 Å². The van der Waals surface area contributed by atoms with E-state index in [1.54, 1.807) is 0 Å². The lowest BCUT2D eigenvalue weighted by Crippen LogP contribution is -2.34. The highest BCUT2D eigenvalue weighted by molar-refractivity contribution is 7.40. The van der Waals surface area contributed by atoms with Gasteiger partial charge in [0, 0.05) is 0 Å². The maximum Gasteiger partial charge on any atom is 0.328 e. The number of carbonyl (C=O) groups is 1. The molecule has 0 bridgehead atoms. The van der Waals surface area contributed by atoms with Gasteiger partial charge in [0.15, 0.2) is 0 Å². The van der Waals surface area contributed by atoms with Gasteiger partial charge in [0.05, 0.1) is 5.78 Å². The zero-order chi connectivity index (χ0) is 13.7. The van der Waals surface area contributed by atoms with Crippen LogP contribution < -0.4 is 11.1 Å². The largest absolute Gasteiger partial charge is 0.411 e. The van der Waals surface area contributed by atoms with E-state index in [0.717, 1.165) is 24.9 Å². The number of hydrogen-bond donors (Lipinski definition) is 2. The van der Waals surface area contributed by atoms with Gasteiger partial charge in [0.25, 0.3) is 8.03 Å². The first-order valence-corrected chi connectivity index (χ1v) is 7.84. The predicted molar refractivity (Wildman–Crippen MR) is 81.5 cm³/mol. The number of nitrogens with one attached hydrogen (secondary N) is 1. The first-order valence-electron chi connectivity index (χ1n) is 6.45. The Labute approximate surface area is 125 Å². The number of nitrogens with two attached hydrogens (primary N) is 1. The van der Waals surface area contributed by atoms with Crippen LogP contribution in [0.3, 0.4) is 0 Å². The van der Waals surface area contributed by atoms with Crippen LogP contribution in [0.4, 0.5) is 0 Å². The minimum Gasteiger partial charge on any atom is -0.411 e. The molecular formula is C13H20ClN2O3P. The summed E-state index contributed by atoms with van der Waals surface area (Å²) in [5, 5.41) is 3.07. The summed E-state index contributed by atoms with van der Waals surface area (Å²) < 4.78 is 16.8. The average molecular weight is 319 g/mol. The van der Waals surface area contributed by atoms with Gasteiger partial charge < -0.3 is 15.6 Å². The third-order valence-electron chi connectivity index (χ3n) is 3.15. The van der Waals surface area contributed by atoms with Crippen LogP contribution >= 0.6 is 20.4 Å². The van der Waals surface area contributed by atoms with Crippen LogP contribution in [0.25, 0.3) is 0 Å². The van der Waals surface area contributed by atoms with Crippen molar-refractivity contribution in [1.82, 2.24) is 5.32 Å². The lowest BCUT2D eigenvalue weighted by atomic mass is 10.1. The smallest absolute Gasteiger partial charge is 0.328 e. The van der Waals surface area contributed by atoms with E-state index in [1.165, 1.54) is 0 Å². The van der Waals surface area contributed by atoms with Crippen LogP contribution in [0, 0.1) is 0 Å². The maximum atomic E-state index is 11.8. The molecule has 0 radical (unpaired) electrons. The summed E-state index contributed by atoms with van der Waals surface area (Å²) in [6.07, 6.45) is 2.15. The summed E-state index contributed by atoms with van der Waals surface area (Å²) in [5.74, 6) is -0.765. The monoisotopic (exact) mass is 318 g/mol. The number of hydrogen-bond acceptors (Lipinski definition) is 5. The summed E-state index contributed by atoms with van der Waals surface area (Å²) in [4.78, 5) is 11.8. The molecule has 1 saturated heterocycles. The Balaban J connectivity index is 0.00000200. The van der Waals surface area contributed by atoms with Crippen LogP contribution in [0.5, 0.6) is 0 Å². The number of carbonyl (C=O) groups excluding carboxylic acids is 1. The van der Waals surface area contributed by atoms with E-state index in [9.17, 15) is 9.36 Å². The molecule has 3 atom stereocenters. The van der Waals surface area contributed by atoms with Crippen molar-refractivity contribution in [3.8, 4) is 0 Å². The molecule has 1 heterocycles. The molecule has 112 valence electrons. The van der Waals surface area contributed by atoms with Gasteiger partial charge in [-0.25, -0.2) is 0 Å². The number of rotatable bonds is 5. The molecule has 1 aromatic rings. The minimum absolute atomic E-state index is 0. The first-order chi connectivity index (χ1) is 9.16. The number of halogens is 1. The highest BCUT2D eigenvalue weighted by Crippen LogP contribution is 2.33. The Morgan fingerprint density at radius 2 is 2.15 bits per heavy atom. The Morgan fingerprint density at radius 1 is 1.45 bits per heavy atom. The second-order valence-electron chi connectivity index (χ2n) is 4.69. The highest BCUT2D eigenvalue weighted by Gasteiger charge is 2.25. The van der Waals surface area contributed by atoms with Gasteiger partial charge in [-0.1, -0.05) is 30.3 Å². The molecule has 5 nitrogen and oxygen atoms in total. The van der Waals surface area contributed by atoms with Gasteiger partial charge in [-0.15, -0.1) is 12.4 Å². The molecule has 3 N–H and O–H groups in total. The van der Waals surface area contributed by atoms with Crippen LogP contribution in [0.1, 0.15) is 18.4 Å². The summed E-state index contributed by atoms with van der Waals surface area (Å²) in [6, 6.07) is 8.70. The van der Waals surface area contributed by atoms with Crippen LogP contribution in [-0.4, -0.2) is 24.3 Å². The highest BCUT2D eigenvalue weighted by atomic mass is 35.5. The molecule has 0 saturated carbocycles. The maximum absolute atomic E-state index is 11.8. The van der Waals surface area contributed by atoms with Gasteiger partial charge in [0.1, 0.15) is 6.04 Å². The van der Waals surface area contributed by atoms with Gasteiger partial charge in [-0.05, 0) is 31.4 Å². The van der Waals surface area contributed by atoms with Crippen molar-refractivity contribution in [2.45, 2.75) is 31.1 Å². The fourth-order valence-corrected chi connectivity index (χ4v) is 3.33. The van der Waals surface area contributed by atoms with Crippen LogP contribution in [0.2, 0.25) is 0 Å². The van der Waals surface area contributed by atoms with Crippen LogP contribution in [-0.2, 0) is 20.3 Å². The van der Waals surface area contributed by atoms with E-state index in [-0.39, 0.29) is 18.2 Å². The van der Waals surface area contributed by atoms with E-state index in [0.29, 0.717) is 6.42 Å². The first kappa shape index (κ1) is 17.2. The van der Waals surface area contributed by atoms with Crippen molar-refractivity contribution in [3.05, 3.63) is 35.9 Å². The van der Waals surface area contributed by atoms with Crippen LogP contribution in [0.15, 0.2) is 30.3 Å². The molecular weight excluding hydrogens is 299 g/mol. The van der Waals surface area contributed by atoms with E-state index < -0.39 is 20.0 Å². The van der Waals surface area contributed by atoms with Crippen molar-refractivity contribution >= 4 is 26.4 Å². The summed E-state index contributed by atoms with van der Waals surface area (Å²) in [6.45, 7) is 0.828. The Hall–Kier alpha value is -0.870. The molecule has 20 heavy (non-hydrogen) atoms.